The molecule has 5 unspecified atom stereocenters. The minimum absolute atomic E-state index is 0.0400. The highest BCUT2D eigenvalue weighted by molar-refractivity contribution is 6.21. The lowest BCUT2D eigenvalue weighted by Gasteiger charge is -2.58. The number of nitrogens with zero attached hydrogens (tertiary/aromatic N) is 4. The second-order valence-electron chi connectivity index (χ2n) is 12.7. The van der Waals surface area contributed by atoms with Crippen LogP contribution in [0.15, 0.2) is 30.9 Å². The van der Waals surface area contributed by atoms with E-state index in [0.717, 1.165) is 68.1 Å². The molecule has 4 heterocycles. The molecule has 5 atom stereocenters. The van der Waals surface area contributed by atoms with Crippen LogP contribution in [0.5, 0.6) is 5.75 Å². The molecule has 39 heavy (non-hydrogen) atoms. The third-order valence-electron chi connectivity index (χ3n) is 10.2. The highest BCUT2D eigenvalue weighted by Crippen LogP contribution is 2.56. The first-order chi connectivity index (χ1) is 18.8. The van der Waals surface area contributed by atoms with Crippen molar-refractivity contribution in [1.82, 2.24) is 25.5 Å². The molecule has 9 heteroatoms. The molecule has 1 spiro atoms. The number of ether oxygens (including phenoxy) is 1. The van der Waals surface area contributed by atoms with E-state index >= 15 is 0 Å². The number of aromatic nitrogens is 2. The first-order valence-corrected chi connectivity index (χ1v) is 14.8. The van der Waals surface area contributed by atoms with Crippen molar-refractivity contribution in [2.75, 3.05) is 44.7 Å². The number of rotatable bonds is 4. The minimum Gasteiger partial charge on any atom is -0.490 e. The Hall–Kier alpha value is -2.55. The molecule has 0 radical (unpaired) electrons. The van der Waals surface area contributed by atoms with Gasteiger partial charge in [-0.1, -0.05) is 13.5 Å². The molecule has 2 saturated carbocycles. The van der Waals surface area contributed by atoms with Crippen molar-refractivity contribution in [2.24, 2.45) is 17.3 Å². The average Bonchev–Trinajstić information content (AvgIpc) is 3.47. The number of nitrogens with one attached hydrogen (secondary N) is 2. The van der Waals surface area contributed by atoms with Gasteiger partial charge in [0.1, 0.15) is 12.4 Å². The average molecular weight is 551 g/mol. The summed E-state index contributed by atoms with van der Waals surface area (Å²) in [5.74, 6) is 1.99. The van der Waals surface area contributed by atoms with Gasteiger partial charge in [0.05, 0.1) is 24.0 Å². The van der Waals surface area contributed by atoms with Gasteiger partial charge in [0.25, 0.3) is 0 Å². The Labute approximate surface area is 235 Å². The zero-order chi connectivity index (χ0) is 27.1. The Bertz CT molecular complexity index is 1310. The summed E-state index contributed by atoms with van der Waals surface area (Å²) in [5, 5.41) is 5.43. The Balaban J connectivity index is 1.28. The van der Waals surface area contributed by atoms with Crippen LogP contribution in [0.4, 0.5) is 5.69 Å². The molecule has 208 valence electrons. The molecule has 1 aromatic carbocycles. The van der Waals surface area contributed by atoms with E-state index in [2.05, 4.69) is 66.1 Å². The number of hydrogen-bond donors (Lipinski definition) is 2. The fourth-order valence-electron chi connectivity index (χ4n) is 8.08. The molecule has 3 aliphatic heterocycles. The molecule has 5 aliphatic rings. The van der Waals surface area contributed by atoms with E-state index in [9.17, 15) is 4.79 Å². The lowest BCUT2D eigenvalue weighted by Crippen LogP contribution is -2.63. The maximum atomic E-state index is 12.0. The van der Waals surface area contributed by atoms with Crippen LogP contribution in [0, 0.1) is 24.2 Å². The third-order valence-corrected chi connectivity index (χ3v) is 10.9. The van der Waals surface area contributed by atoms with E-state index in [1.807, 2.05) is 4.90 Å². The highest BCUT2D eigenvalue weighted by Gasteiger charge is 2.55. The Morgan fingerprint density at radius 2 is 2.10 bits per heavy atom. The Morgan fingerprint density at radius 1 is 1.31 bits per heavy atom. The van der Waals surface area contributed by atoms with Gasteiger partial charge >= 0.3 is 0 Å². The van der Waals surface area contributed by atoms with Gasteiger partial charge in [0.15, 0.2) is 0 Å². The molecule has 1 aromatic heterocycles. The standard InChI is InChI=1S/C30H39ClN6O2/c1-5-25(38)36-15-30(16-36)12-20(13-30)37-18(3)26(27-21-14-32-33-22(21)10-17(2)28(27)31)29(34-37)19-6-7-24-23(11-19)35(4)8-9-39-24/h5-7,11,17,20-22,27-28,32-33H,1,8-10,12-16H2,2-4H3. The summed E-state index contributed by atoms with van der Waals surface area (Å²) in [4.78, 5) is 16.2. The molecule has 2 aromatic rings. The van der Waals surface area contributed by atoms with Crippen molar-refractivity contribution < 1.29 is 9.53 Å². The molecular formula is C30H39ClN6O2. The van der Waals surface area contributed by atoms with Crippen LogP contribution in [0.1, 0.15) is 49.4 Å². The van der Waals surface area contributed by atoms with E-state index in [1.54, 1.807) is 0 Å². The second kappa shape index (κ2) is 9.25. The van der Waals surface area contributed by atoms with Crippen LogP contribution in [-0.2, 0) is 4.79 Å². The largest absolute Gasteiger partial charge is 0.490 e. The maximum absolute atomic E-state index is 12.0. The zero-order valence-electron chi connectivity index (χ0n) is 23.1. The van der Waals surface area contributed by atoms with Crippen LogP contribution in [0.3, 0.4) is 0 Å². The predicted octanol–water partition coefficient (Wildman–Crippen LogP) is 3.86. The fourth-order valence-corrected chi connectivity index (χ4v) is 8.49. The van der Waals surface area contributed by atoms with Crippen LogP contribution in [-0.4, -0.2) is 71.8 Å². The number of amides is 1. The van der Waals surface area contributed by atoms with Crippen LogP contribution >= 0.6 is 11.6 Å². The number of likely N-dealkylation sites (tertiary alicyclic amines) is 1. The van der Waals surface area contributed by atoms with E-state index in [1.165, 1.54) is 17.3 Å². The molecule has 8 nitrogen and oxygen atoms in total. The number of hydrogen-bond acceptors (Lipinski definition) is 6. The first kappa shape index (κ1) is 25.4. The summed E-state index contributed by atoms with van der Waals surface area (Å²) < 4.78 is 8.24. The number of fused-ring (bicyclic) bond motifs is 2. The monoisotopic (exact) mass is 550 g/mol. The SMILES string of the molecule is C=CC(=O)N1CC2(CC(n3nc(-c4ccc5c(c4)N(C)CCO5)c(C4C(Cl)C(C)CC5NNCC54)c3C)C2)C1. The van der Waals surface area contributed by atoms with Gasteiger partial charge in [-0.3, -0.25) is 20.3 Å². The van der Waals surface area contributed by atoms with Gasteiger partial charge in [-0.2, -0.15) is 5.10 Å². The summed E-state index contributed by atoms with van der Waals surface area (Å²) in [5.41, 5.74) is 13.0. The highest BCUT2D eigenvalue weighted by atomic mass is 35.5. The van der Waals surface area contributed by atoms with Gasteiger partial charge in [0.2, 0.25) is 5.91 Å². The number of benzene rings is 1. The Morgan fingerprint density at radius 3 is 2.87 bits per heavy atom. The lowest BCUT2D eigenvalue weighted by molar-refractivity contribution is -0.149. The van der Waals surface area contributed by atoms with Crippen molar-refractivity contribution in [2.45, 2.75) is 56.5 Å². The number of carbonyl (C=O) groups excluding carboxylic acids is 1. The van der Waals surface area contributed by atoms with Crippen LogP contribution in [0.25, 0.3) is 11.3 Å². The maximum Gasteiger partial charge on any atom is 0.245 e. The molecule has 4 fully saturated rings. The third kappa shape index (κ3) is 3.93. The van der Waals surface area contributed by atoms with Gasteiger partial charge < -0.3 is 14.5 Å². The smallest absolute Gasteiger partial charge is 0.245 e. The quantitative estimate of drug-likeness (QED) is 0.445. The number of carbonyl (C=O) groups is 1. The second-order valence-corrected chi connectivity index (χ2v) is 13.2. The topological polar surface area (TPSA) is 74.7 Å². The van der Waals surface area contributed by atoms with Crippen molar-refractivity contribution >= 4 is 23.2 Å². The van der Waals surface area contributed by atoms with Gasteiger partial charge in [-0.05, 0) is 62.3 Å². The van der Waals surface area contributed by atoms with Crippen LogP contribution in [0.2, 0.25) is 0 Å². The van der Waals surface area contributed by atoms with Crippen molar-refractivity contribution in [3.63, 3.8) is 0 Å². The number of anilines is 1. The normalized spacial score (nSPS) is 31.2. The molecular weight excluding hydrogens is 512 g/mol. The number of halogens is 1. The van der Waals surface area contributed by atoms with E-state index in [0.29, 0.717) is 30.5 Å². The molecule has 2 aliphatic carbocycles. The zero-order valence-corrected chi connectivity index (χ0v) is 23.9. The van der Waals surface area contributed by atoms with Gasteiger partial charge in [-0.25, -0.2) is 0 Å². The van der Waals surface area contributed by atoms with Crippen LogP contribution < -0.4 is 20.5 Å². The number of alkyl halides is 1. The summed E-state index contributed by atoms with van der Waals surface area (Å²) >= 11 is 7.31. The van der Waals surface area contributed by atoms with E-state index in [4.69, 9.17) is 21.4 Å². The number of hydrazine groups is 1. The molecule has 1 amide bonds. The predicted molar refractivity (Wildman–Crippen MR) is 153 cm³/mol. The molecule has 2 saturated heterocycles. The summed E-state index contributed by atoms with van der Waals surface area (Å²) in [6.45, 7) is 12.3. The van der Waals surface area contributed by atoms with Gasteiger partial charge in [0, 0.05) is 66.3 Å². The molecule has 7 rings (SSSR count). The fraction of sp³-hybridized carbons (Fsp3) is 0.600. The summed E-state index contributed by atoms with van der Waals surface area (Å²) in [6, 6.07) is 7.26. The van der Waals surface area contributed by atoms with E-state index in [-0.39, 0.29) is 22.6 Å². The number of likely N-dealkylation sites (N-methyl/N-ethyl adjacent to an activating group) is 1. The minimum atomic E-state index is 0.0400. The first-order valence-electron chi connectivity index (χ1n) is 14.4. The summed E-state index contributed by atoms with van der Waals surface area (Å²) in [6.07, 6.45) is 4.61. The van der Waals surface area contributed by atoms with Gasteiger partial charge in [-0.15, -0.1) is 11.6 Å². The lowest BCUT2D eigenvalue weighted by atomic mass is 9.60. The molecule has 2 N–H and O–H groups in total. The van der Waals surface area contributed by atoms with Crippen molar-refractivity contribution in [1.29, 1.82) is 0 Å². The Kier molecular flexibility index (Phi) is 6.03. The van der Waals surface area contributed by atoms with E-state index < -0.39 is 0 Å². The van der Waals surface area contributed by atoms with Crippen molar-refractivity contribution in [3.8, 4) is 17.0 Å². The van der Waals surface area contributed by atoms with Crippen molar-refractivity contribution in [3.05, 3.63) is 42.1 Å². The molecule has 0 bridgehead atoms. The summed E-state index contributed by atoms with van der Waals surface area (Å²) in [7, 11) is 2.13.